The number of aromatic carboxylic acids is 1. The normalized spacial score (nSPS) is 15.7. The van der Waals surface area contributed by atoms with Crippen LogP contribution in [0, 0.1) is 0 Å². The summed E-state index contributed by atoms with van der Waals surface area (Å²) in [5, 5.41) is 11.3. The minimum atomic E-state index is -1.16. The molecule has 80 valence electrons. The van der Waals surface area contributed by atoms with Gasteiger partial charge in [0.05, 0.1) is 16.7 Å². The van der Waals surface area contributed by atoms with Gasteiger partial charge < -0.3 is 14.8 Å². The van der Waals surface area contributed by atoms with Gasteiger partial charge >= 0.3 is 0 Å². The van der Waals surface area contributed by atoms with Crippen molar-refractivity contribution in [1.29, 1.82) is 0 Å². The summed E-state index contributed by atoms with van der Waals surface area (Å²) in [4.78, 5) is 12.8. The molecule has 0 N–H and O–H groups in total. The van der Waals surface area contributed by atoms with Crippen LogP contribution in [-0.2, 0) is 0 Å². The molecule has 1 saturated heterocycles. The predicted molar refractivity (Wildman–Crippen MR) is 57.2 cm³/mol. The minimum Gasteiger partial charge on any atom is -0.545 e. The first kappa shape index (κ1) is 10.3. The Bertz CT molecular complexity index is 386. The van der Waals surface area contributed by atoms with Crippen molar-refractivity contribution in [2.45, 2.75) is 12.8 Å². The molecule has 0 aliphatic carbocycles. The van der Waals surface area contributed by atoms with Gasteiger partial charge in [0.25, 0.3) is 0 Å². The highest BCUT2D eigenvalue weighted by Crippen LogP contribution is 2.29. The van der Waals surface area contributed by atoms with Gasteiger partial charge in [-0.25, -0.2) is 0 Å². The highest BCUT2D eigenvalue weighted by atomic mass is 35.5. The molecule has 1 heterocycles. The van der Waals surface area contributed by atoms with Crippen LogP contribution < -0.4 is 10.0 Å². The fourth-order valence-corrected chi connectivity index (χ4v) is 2.08. The number of benzene rings is 1. The Kier molecular flexibility index (Phi) is 2.82. The van der Waals surface area contributed by atoms with E-state index in [1.54, 1.807) is 12.1 Å². The summed E-state index contributed by atoms with van der Waals surface area (Å²) in [6.07, 6.45) is 2.26. The van der Waals surface area contributed by atoms with E-state index in [1.807, 2.05) is 0 Å². The Morgan fingerprint density at radius 3 is 2.60 bits per heavy atom. The zero-order valence-electron chi connectivity index (χ0n) is 8.20. The van der Waals surface area contributed by atoms with E-state index in [4.69, 9.17) is 11.6 Å². The smallest absolute Gasteiger partial charge is 0.0716 e. The Balaban J connectivity index is 2.35. The highest BCUT2D eigenvalue weighted by Gasteiger charge is 2.15. The molecule has 0 amide bonds. The van der Waals surface area contributed by atoms with Crippen LogP contribution in [0.5, 0.6) is 0 Å². The number of halogens is 1. The maximum atomic E-state index is 10.7. The second-order valence-electron chi connectivity index (χ2n) is 3.65. The number of anilines is 1. The number of carbonyl (C=O) groups excluding carboxylic acids is 1. The average molecular weight is 225 g/mol. The SMILES string of the molecule is O=C([O-])c1ccc(Cl)c(N2CCCC2)c1. The largest absolute Gasteiger partial charge is 0.545 e. The van der Waals surface area contributed by atoms with Gasteiger partial charge in [-0.2, -0.15) is 0 Å². The molecular formula is C11H11ClNO2-. The van der Waals surface area contributed by atoms with Crippen molar-refractivity contribution in [2.75, 3.05) is 18.0 Å². The second-order valence-corrected chi connectivity index (χ2v) is 4.06. The number of carboxylic acids is 1. The summed E-state index contributed by atoms with van der Waals surface area (Å²) >= 11 is 6.03. The summed E-state index contributed by atoms with van der Waals surface area (Å²) in [5.74, 6) is -1.16. The third-order valence-corrected chi connectivity index (χ3v) is 2.95. The maximum absolute atomic E-state index is 10.7. The van der Waals surface area contributed by atoms with Crippen LogP contribution in [0.1, 0.15) is 23.2 Å². The molecule has 0 saturated carbocycles. The van der Waals surface area contributed by atoms with Gasteiger partial charge in [0, 0.05) is 13.1 Å². The van der Waals surface area contributed by atoms with Crippen LogP contribution in [-0.4, -0.2) is 19.1 Å². The maximum Gasteiger partial charge on any atom is 0.0716 e. The lowest BCUT2D eigenvalue weighted by Gasteiger charge is -2.20. The van der Waals surface area contributed by atoms with E-state index in [0.717, 1.165) is 31.6 Å². The molecule has 0 atom stereocenters. The zero-order valence-corrected chi connectivity index (χ0v) is 8.96. The molecular weight excluding hydrogens is 214 g/mol. The van der Waals surface area contributed by atoms with Crippen molar-refractivity contribution in [3.8, 4) is 0 Å². The van der Waals surface area contributed by atoms with Gasteiger partial charge in [-0.1, -0.05) is 17.7 Å². The molecule has 2 rings (SSSR count). The zero-order chi connectivity index (χ0) is 10.8. The molecule has 4 heteroatoms. The number of carbonyl (C=O) groups is 1. The summed E-state index contributed by atoms with van der Waals surface area (Å²) < 4.78 is 0. The van der Waals surface area contributed by atoms with Gasteiger partial charge in [0.15, 0.2) is 0 Å². The molecule has 1 aromatic carbocycles. The Morgan fingerprint density at radius 1 is 1.33 bits per heavy atom. The minimum absolute atomic E-state index is 0.182. The first-order valence-electron chi connectivity index (χ1n) is 4.94. The molecule has 0 bridgehead atoms. The van der Waals surface area contributed by atoms with E-state index in [9.17, 15) is 9.90 Å². The van der Waals surface area contributed by atoms with Crippen molar-refractivity contribution in [3.63, 3.8) is 0 Å². The lowest BCUT2D eigenvalue weighted by atomic mass is 10.2. The Labute approximate surface area is 93.3 Å². The van der Waals surface area contributed by atoms with Gasteiger partial charge in [-0.3, -0.25) is 0 Å². The van der Waals surface area contributed by atoms with Crippen molar-refractivity contribution in [1.82, 2.24) is 0 Å². The van der Waals surface area contributed by atoms with E-state index in [-0.39, 0.29) is 5.56 Å². The van der Waals surface area contributed by atoms with Crippen molar-refractivity contribution >= 4 is 23.3 Å². The molecule has 0 radical (unpaired) electrons. The van der Waals surface area contributed by atoms with E-state index < -0.39 is 5.97 Å². The van der Waals surface area contributed by atoms with Gasteiger partial charge in [-0.15, -0.1) is 0 Å². The molecule has 1 aliphatic heterocycles. The van der Waals surface area contributed by atoms with E-state index in [1.165, 1.54) is 6.07 Å². The summed E-state index contributed by atoms with van der Waals surface area (Å²) in [6, 6.07) is 4.67. The number of nitrogens with zero attached hydrogens (tertiary/aromatic N) is 1. The van der Waals surface area contributed by atoms with E-state index in [0.29, 0.717) is 5.02 Å². The molecule has 1 fully saturated rings. The Hall–Kier alpha value is -1.22. The van der Waals surface area contributed by atoms with Crippen LogP contribution in [0.2, 0.25) is 5.02 Å². The van der Waals surface area contributed by atoms with Gasteiger partial charge in [0.1, 0.15) is 0 Å². The van der Waals surface area contributed by atoms with E-state index >= 15 is 0 Å². The molecule has 1 aliphatic rings. The molecule has 0 aromatic heterocycles. The summed E-state index contributed by atoms with van der Waals surface area (Å²) in [7, 11) is 0. The fourth-order valence-electron chi connectivity index (χ4n) is 1.84. The topological polar surface area (TPSA) is 43.4 Å². The fraction of sp³-hybridized carbons (Fsp3) is 0.364. The van der Waals surface area contributed by atoms with Crippen molar-refractivity contribution in [2.24, 2.45) is 0 Å². The first-order chi connectivity index (χ1) is 7.18. The monoisotopic (exact) mass is 224 g/mol. The second kappa shape index (κ2) is 4.11. The summed E-state index contributed by atoms with van der Waals surface area (Å²) in [6.45, 7) is 1.88. The third kappa shape index (κ3) is 2.07. The number of rotatable bonds is 2. The quantitative estimate of drug-likeness (QED) is 0.761. The molecule has 3 nitrogen and oxygen atoms in total. The van der Waals surface area contributed by atoms with Crippen LogP contribution >= 0.6 is 11.6 Å². The number of carboxylic acid groups (broad SMARTS) is 1. The lowest BCUT2D eigenvalue weighted by molar-refractivity contribution is -0.255. The Morgan fingerprint density at radius 2 is 2.00 bits per heavy atom. The molecule has 1 aromatic rings. The van der Waals surface area contributed by atoms with Crippen LogP contribution in [0.3, 0.4) is 0 Å². The van der Waals surface area contributed by atoms with Crippen LogP contribution in [0.25, 0.3) is 0 Å². The number of hydrogen-bond donors (Lipinski definition) is 0. The van der Waals surface area contributed by atoms with E-state index in [2.05, 4.69) is 4.90 Å². The van der Waals surface area contributed by atoms with Crippen molar-refractivity contribution in [3.05, 3.63) is 28.8 Å². The highest BCUT2D eigenvalue weighted by molar-refractivity contribution is 6.33. The van der Waals surface area contributed by atoms with Gasteiger partial charge in [0.2, 0.25) is 0 Å². The predicted octanol–water partition coefficient (Wildman–Crippen LogP) is 1.30. The molecule has 0 unspecified atom stereocenters. The molecule has 15 heavy (non-hydrogen) atoms. The summed E-state index contributed by atoms with van der Waals surface area (Å²) in [5.41, 5.74) is 0.983. The average Bonchev–Trinajstić information content (AvgIpc) is 2.71. The first-order valence-corrected chi connectivity index (χ1v) is 5.32. The lowest BCUT2D eigenvalue weighted by Crippen LogP contribution is -2.23. The van der Waals surface area contributed by atoms with Crippen LogP contribution in [0.4, 0.5) is 5.69 Å². The van der Waals surface area contributed by atoms with Crippen LogP contribution in [0.15, 0.2) is 18.2 Å². The third-order valence-electron chi connectivity index (χ3n) is 2.63. The van der Waals surface area contributed by atoms with Crippen molar-refractivity contribution < 1.29 is 9.90 Å². The van der Waals surface area contributed by atoms with Gasteiger partial charge in [-0.05, 0) is 30.5 Å². The molecule has 0 spiro atoms. The number of hydrogen-bond acceptors (Lipinski definition) is 3. The standard InChI is InChI=1S/C11H12ClNO2/c12-9-4-3-8(11(14)15)7-10(9)13-5-1-2-6-13/h3-4,7H,1-2,5-6H2,(H,14,15)/p-1.